The fourth-order valence-electron chi connectivity index (χ4n) is 5.47. The fourth-order valence-corrected chi connectivity index (χ4v) is 5.47. The second-order valence-corrected chi connectivity index (χ2v) is 10.1. The first-order valence-corrected chi connectivity index (χ1v) is 13.2. The van der Waals surface area contributed by atoms with E-state index in [1.165, 1.54) is 32.1 Å². The van der Waals surface area contributed by atoms with Crippen molar-refractivity contribution < 1.29 is 19.1 Å². The fraction of sp³-hybridized carbons (Fsp3) is 0.667. The SMILES string of the molecule is Cn1c(=O)n(C2CCC(=O)NC2=O)c2cccc(CCCCCCCCCCC3(C)OCCO3)c21. The van der Waals surface area contributed by atoms with Gasteiger partial charge in [0.05, 0.1) is 24.2 Å². The molecule has 0 spiro atoms. The summed E-state index contributed by atoms with van der Waals surface area (Å²) < 4.78 is 14.5. The molecule has 1 atom stereocenters. The molecule has 1 aromatic carbocycles. The first-order valence-electron chi connectivity index (χ1n) is 13.2. The molecule has 2 saturated heterocycles. The number of nitrogens with one attached hydrogen (secondary N) is 1. The van der Waals surface area contributed by atoms with E-state index in [2.05, 4.69) is 11.4 Å². The smallest absolute Gasteiger partial charge is 0.329 e. The van der Waals surface area contributed by atoms with Crippen LogP contribution in [0.15, 0.2) is 23.0 Å². The second kappa shape index (κ2) is 11.5. The highest BCUT2D eigenvalue weighted by molar-refractivity contribution is 6.00. The van der Waals surface area contributed by atoms with E-state index in [1.54, 1.807) is 16.2 Å². The van der Waals surface area contributed by atoms with Crippen molar-refractivity contribution in [3.8, 4) is 0 Å². The van der Waals surface area contributed by atoms with Crippen LogP contribution in [0.5, 0.6) is 0 Å². The van der Waals surface area contributed by atoms with Gasteiger partial charge < -0.3 is 9.47 Å². The van der Waals surface area contributed by atoms with Gasteiger partial charge in [0.1, 0.15) is 6.04 Å². The normalized spacial score (nSPS) is 20.0. The first kappa shape index (κ1) is 25.6. The Kier molecular flexibility index (Phi) is 8.44. The lowest BCUT2D eigenvalue weighted by molar-refractivity contribution is -0.147. The number of benzene rings is 1. The average molecular weight is 486 g/mol. The van der Waals surface area contributed by atoms with E-state index >= 15 is 0 Å². The molecule has 2 aromatic rings. The quantitative estimate of drug-likeness (QED) is 0.360. The number of rotatable bonds is 12. The maximum atomic E-state index is 13.0. The number of fused-ring (bicyclic) bond motifs is 1. The third-order valence-electron chi connectivity index (χ3n) is 7.43. The molecule has 2 aliphatic heterocycles. The van der Waals surface area contributed by atoms with Crippen LogP contribution in [0.2, 0.25) is 0 Å². The van der Waals surface area contributed by atoms with Gasteiger partial charge in [0.25, 0.3) is 0 Å². The second-order valence-electron chi connectivity index (χ2n) is 10.1. The van der Waals surface area contributed by atoms with Crippen LogP contribution in [-0.4, -0.2) is 39.9 Å². The summed E-state index contributed by atoms with van der Waals surface area (Å²) in [6.07, 6.45) is 12.1. The van der Waals surface area contributed by atoms with Crippen molar-refractivity contribution in [2.24, 2.45) is 7.05 Å². The van der Waals surface area contributed by atoms with Gasteiger partial charge >= 0.3 is 5.69 Å². The Morgan fingerprint density at radius 2 is 1.63 bits per heavy atom. The summed E-state index contributed by atoms with van der Waals surface area (Å²) in [7, 11) is 1.77. The van der Waals surface area contributed by atoms with Crippen LogP contribution < -0.4 is 11.0 Å². The van der Waals surface area contributed by atoms with E-state index in [0.717, 1.165) is 48.7 Å². The van der Waals surface area contributed by atoms with E-state index in [4.69, 9.17) is 9.47 Å². The van der Waals surface area contributed by atoms with Gasteiger partial charge in [-0.25, -0.2) is 4.79 Å². The number of carbonyl (C=O) groups is 2. The highest BCUT2D eigenvalue weighted by Crippen LogP contribution is 2.27. The first-order chi connectivity index (χ1) is 16.9. The van der Waals surface area contributed by atoms with Crippen LogP contribution in [0.4, 0.5) is 0 Å². The summed E-state index contributed by atoms with van der Waals surface area (Å²) >= 11 is 0. The van der Waals surface area contributed by atoms with Crippen LogP contribution in [0.3, 0.4) is 0 Å². The van der Waals surface area contributed by atoms with E-state index < -0.39 is 11.9 Å². The lowest BCUT2D eigenvalue weighted by Crippen LogP contribution is -2.44. The summed E-state index contributed by atoms with van der Waals surface area (Å²) in [6, 6.07) is 5.30. The Labute approximate surface area is 207 Å². The highest BCUT2D eigenvalue weighted by atomic mass is 16.7. The molecule has 1 unspecified atom stereocenters. The molecule has 1 aromatic heterocycles. The van der Waals surface area contributed by atoms with E-state index in [0.29, 0.717) is 19.6 Å². The van der Waals surface area contributed by atoms with Crippen LogP contribution in [0.1, 0.15) is 89.2 Å². The van der Waals surface area contributed by atoms with E-state index in [1.807, 2.05) is 19.1 Å². The Morgan fingerprint density at radius 3 is 2.31 bits per heavy atom. The molecule has 1 N–H and O–H groups in total. The molecule has 0 saturated carbocycles. The molecule has 0 radical (unpaired) electrons. The minimum Gasteiger partial charge on any atom is -0.348 e. The highest BCUT2D eigenvalue weighted by Gasteiger charge is 2.32. The number of para-hydroxylation sites is 1. The maximum absolute atomic E-state index is 13.0. The average Bonchev–Trinajstić information content (AvgIpc) is 3.37. The number of imide groups is 1. The van der Waals surface area contributed by atoms with Gasteiger partial charge in [0, 0.05) is 19.9 Å². The Bertz CT molecular complexity index is 1100. The molecule has 2 fully saturated rings. The van der Waals surface area contributed by atoms with Gasteiger partial charge in [-0.3, -0.25) is 24.0 Å². The zero-order valence-corrected chi connectivity index (χ0v) is 21.1. The third kappa shape index (κ3) is 6.04. The zero-order chi connectivity index (χ0) is 24.8. The number of ether oxygens (including phenoxy) is 2. The monoisotopic (exact) mass is 485 g/mol. The van der Waals surface area contributed by atoms with Crippen LogP contribution >= 0.6 is 0 Å². The van der Waals surface area contributed by atoms with Gasteiger partial charge in [0.2, 0.25) is 11.8 Å². The van der Waals surface area contributed by atoms with Gasteiger partial charge in [-0.1, -0.05) is 50.7 Å². The number of hydrogen-bond acceptors (Lipinski definition) is 5. The molecule has 8 nitrogen and oxygen atoms in total. The predicted octanol–water partition coefficient (Wildman–Crippen LogP) is 4.13. The molecule has 0 bridgehead atoms. The molecular weight excluding hydrogens is 446 g/mol. The number of amides is 2. The van der Waals surface area contributed by atoms with Crippen LogP contribution in [-0.2, 0) is 32.5 Å². The number of nitrogens with zero attached hydrogens (tertiary/aromatic N) is 2. The molecule has 0 aliphatic carbocycles. The van der Waals surface area contributed by atoms with E-state index in [-0.39, 0.29) is 23.8 Å². The minimum atomic E-state index is -0.639. The molecule has 4 rings (SSSR count). The molecule has 2 amide bonds. The lowest BCUT2D eigenvalue weighted by Gasteiger charge is -2.22. The lowest BCUT2D eigenvalue weighted by atomic mass is 10.0. The predicted molar refractivity (Wildman–Crippen MR) is 134 cm³/mol. The molecular formula is C27H39N3O5. The Balaban J connectivity index is 1.23. The van der Waals surface area contributed by atoms with Crippen LogP contribution in [0, 0.1) is 0 Å². The van der Waals surface area contributed by atoms with E-state index in [9.17, 15) is 14.4 Å². The molecule has 8 heteroatoms. The van der Waals surface area contributed by atoms with Gasteiger partial charge in [-0.2, -0.15) is 0 Å². The molecule has 3 heterocycles. The summed E-state index contributed by atoms with van der Waals surface area (Å²) in [6.45, 7) is 3.47. The number of hydrogen-bond donors (Lipinski definition) is 1. The van der Waals surface area contributed by atoms with Gasteiger partial charge in [0.15, 0.2) is 5.79 Å². The third-order valence-corrected chi connectivity index (χ3v) is 7.43. The number of aryl methyl sites for hydroxylation is 2. The van der Waals surface area contributed by atoms with Crippen molar-refractivity contribution in [1.29, 1.82) is 0 Å². The maximum Gasteiger partial charge on any atom is 0.329 e. The van der Waals surface area contributed by atoms with Crippen molar-refractivity contribution in [3.05, 3.63) is 34.2 Å². The molecule has 2 aliphatic rings. The number of unbranched alkanes of at least 4 members (excludes halogenated alkanes) is 7. The molecule has 35 heavy (non-hydrogen) atoms. The van der Waals surface area contributed by atoms with Crippen molar-refractivity contribution in [1.82, 2.24) is 14.5 Å². The zero-order valence-electron chi connectivity index (χ0n) is 21.1. The summed E-state index contributed by atoms with van der Waals surface area (Å²) in [5.74, 6) is -1.02. The van der Waals surface area contributed by atoms with Crippen molar-refractivity contribution in [2.45, 2.75) is 95.8 Å². The number of imidazole rings is 1. The summed E-state index contributed by atoms with van der Waals surface area (Å²) in [5.41, 5.74) is 2.60. The number of carbonyl (C=O) groups excluding carboxylic acids is 2. The number of piperidine rings is 1. The summed E-state index contributed by atoms with van der Waals surface area (Å²) in [4.78, 5) is 37.0. The topological polar surface area (TPSA) is 91.6 Å². The summed E-state index contributed by atoms with van der Waals surface area (Å²) in [5, 5.41) is 2.37. The minimum absolute atomic E-state index is 0.206. The number of aromatic nitrogens is 2. The van der Waals surface area contributed by atoms with Crippen molar-refractivity contribution >= 4 is 22.8 Å². The van der Waals surface area contributed by atoms with Crippen molar-refractivity contribution in [3.63, 3.8) is 0 Å². The van der Waals surface area contributed by atoms with Crippen molar-refractivity contribution in [2.75, 3.05) is 13.2 Å². The Morgan fingerprint density at radius 1 is 0.971 bits per heavy atom. The van der Waals surface area contributed by atoms with Crippen LogP contribution in [0.25, 0.3) is 11.0 Å². The van der Waals surface area contributed by atoms with Gasteiger partial charge in [-0.15, -0.1) is 0 Å². The van der Waals surface area contributed by atoms with Gasteiger partial charge in [-0.05, 0) is 44.2 Å². The Hall–Kier alpha value is -2.45. The standard InChI is InChI=1S/C27H39N3O5/c1-27(34-18-19-35-27)17-10-8-6-4-3-5-7-9-12-20-13-11-14-21-24(20)29(2)26(33)30(21)22-15-16-23(31)28-25(22)32/h11,13-14,22H,3-10,12,15-19H2,1-2H3,(H,28,31,32). The molecule has 192 valence electrons. The largest absolute Gasteiger partial charge is 0.348 e.